The fraction of sp³-hybridized carbons (Fsp3) is 0.462. The molecule has 0 aliphatic carbocycles. The van der Waals surface area contributed by atoms with Crippen molar-refractivity contribution in [2.75, 3.05) is 36.0 Å². The zero-order valence-electron chi connectivity index (χ0n) is 19.4. The highest BCUT2D eigenvalue weighted by Crippen LogP contribution is 2.40. The van der Waals surface area contributed by atoms with Crippen LogP contribution in [0.5, 0.6) is 0 Å². The summed E-state index contributed by atoms with van der Waals surface area (Å²) < 4.78 is 0. The van der Waals surface area contributed by atoms with Gasteiger partial charge in [0.1, 0.15) is 12.6 Å². The number of fused-ring (bicyclic) bond motifs is 3. The molecule has 3 aliphatic rings. The molecule has 4 heterocycles. The molecule has 34 heavy (non-hydrogen) atoms. The van der Waals surface area contributed by atoms with E-state index in [4.69, 9.17) is 0 Å². The Morgan fingerprint density at radius 1 is 1.00 bits per heavy atom. The minimum atomic E-state index is -0.254. The number of carbonyl (C=O) groups excluding carboxylic acids is 3. The number of likely N-dealkylation sites (tertiary alicyclic amines) is 1. The molecule has 0 unspecified atom stereocenters. The predicted molar refractivity (Wildman–Crippen MR) is 130 cm³/mol. The highest BCUT2D eigenvalue weighted by atomic mass is 16.2. The lowest BCUT2D eigenvalue weighted by atomic mass is 9.95. The minimum Gasteiger partial charge on any atom is -0.358 e. The van der Waals surface area contributed by atoms with Crippen LogP contribution in [0.25, 0.3) is 0 Å². The number of piperidine rings is 2. The van der Waals surface area contributed by atoms with Crippen molar-refractivity contribution in [1.29, 1.82) is 0 Å². The highest BCUT2D eigenvalue weighted by molar-refractivity contribution is 6.09. The van der Waals surface area contributed by atoms with Gasteiger partial charge in [-0.1, -0.05) is 6.07 Å². The van der Waals surface area contributed by atoms with Crippen molar-refractivity contribution < 1.29 is 14.4 Å². The predicted octanol–water partition coefficient (Wildman–Crippen LogP) is 2.73. The number of nitrogens with one attached hydrogen (secondary N) is 1. The van der Waals surface area contributed by atoms with E-state index in [0.29, 0.717) is 17.8 Å². The fourth-order valence-electron chi connectivity index (χ4n) is 5.24. The third-order valence-corrected chi connectivity index (χ3v) is 7.03. The molecule has 8 nitrogen and oxygen atoms in total. The molecule has 5 rings (SSSR count). The van der Waals surface area contributed by atoms with Crippen LogP contribution in [0.3, 0.4) is 0 Å². The Morgan fingerprint density at radius 2 is 1.82 bits per heavy atom. The molecule has 3 amide bonds. The van der Waals surface area contributed by atoms with E-state index >= 15 is 0 Å². The van der Waals surface area contributed by atoms with Gasteiger partial charge in [-0.2, -0.15) is 0 Å². The molecule has 1 aromatic heterocycles. The number of hydrogen-bond donors (Lipinski definition) is 1. The van der Waals surface area contributed by atoms with Crippen LogP contribution in [-0.4, -0.2) is 59.8 Å². The van der Waals surface area contributed by atoms with E-state index in [9.17, 15) is 14.4 Å². The van der Waals surface area contributed by atoms with E-state index in [1.165, 1.54) is 0 Å². The number of carbonyl (C=O) groups is 3. The number of pyridine rings is 1. The summed E-state index contributed by atoms with van der Waals surface area (Å²) in [5.74, 6) is -0.303. The van der Waals surface area contributed by atoms with Crippen molar-refractivity contribution in [3.05, 3.63) is 53.9 Å². The molecule has 0 radical (unpaired) electrons. The number of benzene rings is 1. The second-order valence-electron chi connectivity index (χ2n) is 9.32. The van der Waals surface area contributed by atoms with Gasteiger partial charge in [0.15, 0.2) is 0 Å². The average Bonchev–Trinajstić information content (AvgIpc) is 2.90. The maximum atomic E-state index is 13.5. The Labute approximate surface area is 199 Å². The van der Waals surface area contributed by atoms with Gasteiger partial charge < -0.3 is 15.1 Å². The second kappa shape index (κ2) is 9.83. The lowest BCUT2D eigenvalue weighted by Gasteiger charge is -2.45. The molecule has 178 valence electrons. The Bertz CT molecular complexity index is 1070. The van der Waals surface area contributed by atoms with Gasteiger partial charge in [0.2, 0.25) is 11.8 Å². The van der Waals surface area contributed by atoms with Crippen molar-refractivity contribution in [3.63, 3.8) is 0 Å². The van der Waals surface area contributed by atoms with Crippen molar-refractivity contribution in [3.8, 4) is 0 Å². The zero-order valence-corrected chi connectivity index (χ0v) is 19.4. The number of rotatable bonds is 5. The molecule has 1 N–H and O–H groups in total. The third-order valence-electron chi connectivity index (χ3n) is 7.03. The monoisotopic (exact) mass is 461 g/mol. The van der Waals surface area contributed by atoms with Crippen LogP contribution < -0.4 is 15.1 Å². The molecule has 1 atom stereocenters. The molecule has 0 saturated carbocycles. The van der Waals surface area contributed by atoms with E-state index in [2.05, 4.69) is 15.2 Å². The van der Waals surface area contributed by atoms with Crippen LogP contribution in [0.4, 0.5) is 11.4 Å². The van der Waals surface area contributed by atoms with Gasteiger partial charge in [-0.3, -0.25) is 24.3 Å². The standard InChI is InChI=1S/C26H31N5O3/c32-24(28-17-19-7-6-11-27-16-19)18-31-23-15-20(25(33)29-12-3-1-4-13-29)9-10-21(23)30-14-5-2-8-22(30)26(31)34/h6-7,9-11,15-16,22H,1-5,8,12-14,17-18H2,(H,28,32)/t22-/m0/s1. The van der Waals surface area contributed by atoms with Gasteiger partial charge in [-0.15, -0.1) is 0 Å². The van der Waals surface area contributed by atoms with Crippen LogP contribution >= 0.6 is 0 Å². The number of aromatic nitrogens is 1. The van der Waals surface area contributed by atoms with E-state index in [1.54, 1.807) is 17.3 Å². The normalized spacial score (nSPS) is 19.9. The summed E-state index contributed by atoms with van der Waals surface area (Å²) in [6.07, 6.45) is 9.40. The largest absolute Gasteiger partial charge is 0.358 e. The van der Waals surface area contributed by atoms with E-state index < -0.39 is 0 Å². The molecule has 2 saturated heterocycles. The Hall–Kier alpha value is -3.42. The minimum absolute atomic E-state index is 0.00306. The van der Waals surface area contributed by atoms with Crippen LogP contribution in [0.2, 0.25) is 0 Å². The van der Waals surface area contributed by atoms with Gasteiger partial charge in [-0.25, -0.2) is 0 Å². The first-order valence-electron chi connectivity index (χ1n) is 12.3. The third kappa shape index (κ3) is 4.49. The Kier molecular flexibility index (Phi) is 6.47. The lowest BCUT2D eigenvalue weighted by Crippen LogP contribution is -2.57. The van der Waals surface area contributed by atoms with Crippen molar-refractivity contribution in [2.24, 2.45) is 0 Å². The van der Waals surface area contributed by atoms with Gasteiger partial charge in [0.05, 0.1) is 11.4 Å². The van der Waals surface area contributed by atoms with E-state index in [1.807, 2.05) is 35.2 Å². The summed E-state index contributed by atoms with van der Waals surface area (Å²) in [6.45, 7) is 2.62. The van der Waals surface area contributed by atoms with Crippen molar-refractivity contribution in [2.45, 2.75) is 51.1 Å². The van der Waals surface area contributed by atoms with Gasteiger partial charge >= 0.3 is 0 Å². The van der Waals surface area contributed by atoms with Gasteiger partial charge in [-0.05, 0) is 68.4 Å². The molecular weight excluding hydrogens is 430 g/mol. The average molecular weight is 462 g/mol. The zero-order chi connectivity index (χ0) is 23.5. The van der Waals surface area contributed by atoms with Crippen molar-refractivity contribution >= 4 is 29.1 Å². The second-order valence-corrected chi connectivity index (χ2v) is 9.32. The summed E-state index contributed by atoms with van der Waals surface area (Å²) in [5.41, 5.74) is 3.06. The van der Waals surface area contributed by atoms with E-state index in [-0.39, 0.29) is 30.3 Å². The first-order chi connectivity index (χ1) is 16.6. The summed E-state index contributed by atoms with van der Waals surface area (Å²) in [7, 11) is 0. The van der Waals surface area contributed by atoms with Gasteiger partial charge in [0, 0.05) is 44.1 Å². The van der Waals surface area contributed by atoms with Crippen molar-refractivity contribution in [1.82, 2.24) is 15.2 Å². The smallest absolute Gasteiger partial charge is 0.253 e. The van der Waals surface area contributed by atoms with Crippen LogP contribution in [0.15, 0.2) is 42.7 Å². The molecule has 8 heteroatoms. The Morgan fingerprint density at radius 3 is 2.62 bits per heavy atom. The maximum absolute atomic E-state index is 13.5. The molecule has 0 spiro atoms. The summed E-state index contributed by atoms with van der Waals surface area (Å²) in [4.78, 5) is 49.2. The quantitative estimate of drug-likeness (QED) is 0.740. The summed E-state index contributed by atoms with van der Waals surface area (Å²) in [5, 5.41) is 2.90. The number of nitrogens with zero attached hydrogens (tertiary/aromatic N) is 4. The first kappa shape index (κ1) is 22.4. The summed E-state index contributed by atoms with van der Waals surface area (Å²) in [6, 6.07) is 9.10. The topological polar surface area (TPSA) is 85.9 Å². The summed E-state index contributed by atoms with van der Waals surface area (Å²) >= 11 is 0. The maximum Gasteiger partial charge on any atom is 0.253 e. The number of anilines is 2. The Balaban J connectivity index is 1.40. The van der Waals surface area contributed by atoms with Crippen LogP contribution in [0, 0.1) is 0 Å². The molecule has 2 aromatic rings. The van der Waals surface area contributed by atoms with Gasteiger partial charge in [0.25, 0.3) is 5.91 Å². The molecular formula is C26H31N5O3. The SMILES string of the molecule is O=C(CN1C(=O)[C@@H]2CCCCN2c2ccc(C(=O)N3CCCCC3)cc21)NCc1cccnc1. The fourth-order valence-corrected chi connectivity index (χ4v) is 5.24. The number of amides is 3. The highest BCUT2D eigenvalue weighted by Gasteiger charge is 2.40. The molecule has 3 aliphatic heterocycles. The number of hydrogen-bond acceptors (Lipinski definition) is 5. The first-order valence-corrected chi connectivity index (χ1v) is 12.3. The van der Waals surface area contributed by atoms with E-state index in [0.717, 1.165) is 69.4 Å². The molecule has 0 bridgehead atoms. The lowest BCUT2D eigenvalue weighted by molar-refractivity contribution is -0.125. The molecule has 2 fully saturated rings. The van der Waals surface area contributed by atoms with Crippen LogP contribution in [0.1, 0.15) is 54.4 Å². The molecule has 1 aromatic carbocycles. The van der Waals surface area contributed by atoms with Crippen LogP contribution in [-0.2, 0) is 16.1 Å².